The zero-order chi connectivity index (χ0) is 22.8. The Balaban J connectivity index is 1.57. The second kappa shape index (κ2) is 9.40. The number of aromatic nitrogens is 2. The van der Waals surface area contributed by atoms with Crippen LogP contribution in [0.1, 0.15) is 64.9 Å². The van der Waals surface area contributed by atoms with Gasteiger partial charge in [-0.3, -0.25) is 4.79 Å². The van der Waals surface area contributed by atoms with Gasteiger partial charge in [-0.15, -0.1) is 0 Å². The lowest BCUT2D eigenvalue weighted by Crippen LogP contribution is -2.53. The fraction of sp³-hybridized carbons (Fsp3) is 0.739. The molecule has 1 atom stereocenters. The Labute approximate surface area is 186 Å². The highest BCUT2D eigenvalue weighted by Crippen LogP contribution is 2.23. The summed E-state index contributed by atoms with van der Waals surface area (Å²) in [5.41, 5.74) is 0.440. The molecule has 0 aromatic carbocycles. The lowest BCUT2D eigenvalue weighted by atomic mass is 9.96. The molecule has 2 saturated heterocycles. The minimum absolute atomic E-state index is 0.148. The Bertz CT molecular complexity index is 797. The number of carbonyl (C=O) groups excluding carboxylic acids is 2. The Morgan fingerprint density at radius 2 is 1.74 bits per heavy atom. The van der Waals surface area contributed by atoms with E-state index in [1.807, 2.05) is 38.7 Å². The number of hydrogen-bond donors (Lipinski definition) is 0. The minimum atomic E-state index is -0.529. The van der Waals surface area contributed by atoms with Gasteiger partial charge in [-0.1, -0.05) is 13.8 Å². The highest BCUT2D eigenvalue weighted by Gasteiger charge is 2.34. The predicted octanol–water partition coefficient (Wildman–Crippen LogP) is 3.20. The van der Waals surface area contributed by atoms with E-state index < -0.39 is 5.60 Å². The van der Waals surface area contributed by atoms with Gasteiger partial charge in [0.2, 0.25) is 5.91 Å². The van der Waals surface area contributed by atoms with Crippen molar-refractivity contribution < 1.29 is 14.3 Å². The van der Waals surface area contributed by atoms with Crippen molar-refractivity contribution in [2.75, 3.05) is 44.2 Å². The molecule has 1 aromatic heterocycles. The van der Waals surface area contributed by atoms with Gasteiger partial charge in [-0.2, -0.15) is 0 Å². The average molecular weight is 432 g/mol. The van der Waals surface area contributed by atoms with Crippen LogP contribution in [0.2, 0.25) is 0 Å². The number of aryl methyl sites for hydroxylation is 1. The number of anilines is 1. The van der Waals surface area contributed by atoms with Gasteiger partial charge >= 0.3 is 6.09 Å². The van der Waals surface area contributed by atoms with E-state index in [9.17, 15) is 9.59 Å². The molecule has 2 aliphatic heterocycles. The third-order valence-corrected chi connectivity index (χ3v) is 5.71. The van der Waals surface area contributed by atoms with Crippen molar-refractivity contribution >= 4 is 17.8 Å². The van der Waals surface area contributed by atoms with Crippen molar-refractivity contribution in [3.05, 3.63) is 17.6 Å². The van der Waals surface area contributed by atoms with E-state index in [0.717, 1.165) is 43.3 Å². The molecule has 0 radical (unpaired) electrons. The maximum Gasteiger partial charge on any atom is 0.410 e. The van der Waals surface area contributed by atoms with Crippen LogP contribution in [0.25, 0.3) is 0 Å². The topological polar surface area (TPSA) is 78.9 Å². The highest BCUT2D eigenvalue weighted by molar-refractivity contribution is 5.80. The van der Waals surface area contributed by atoms with Crippen molar-refractivity contribution in [1.29, 1.82) is 0 Å². The van der Waals surface area contributed by atoms with E-state index in [1.54, 1.807) is 4.90 Å². The van der Waals surface area contributed by atoms with Gasteiger partial charge in [-0.25, -0.2) is 14.8 Å². The van der Waals surface area contributed by atoms with Gasteiger partial charge in [-0.05, 0) is 40.5 Å². The van der Waals surface area contributed by atoms with Crippen molar-refractivity contribution in [1.82, 2.24) is 19.8 Å². The Hall–Kier alpha value is -2.38. The van der Waals surface area contributed by atoms with Crippen molar-refractivity contribution in [2.24, 2.45) is 5.92 Å². The smallest absolute Gasteiger partial charge is 0.410 e. The quantitative estimate of drug-likeness (QED) is 0.731. The summed E-state index contributed by atoms with van der Waals surface area (Å²) < 4.78 is 5.49. The van der Waals surface area contributed by atoms with E-state index in [2.05, 4.69) is 23.7 Å². The normalized spacial score (nSPS) is 20.2. The van der Waals surface area contributed by atoms with Gasteiger partial charge in [0.05, 0.1) is 5.92 Å². The van der Waals surface area contributed by atoms with E-state index in [1.165, 1.54) is 0 Å². The number of nitrogens with zero attached hydrogens (tertiary/aromatic N) is 5. The van der Waals surface area contributed by atoms with Crippen LogP contribution in [0.4, 0.5) is 10.6 Å². The average Bonchev–Trinajstić information content (AvgIpc) is 2.71. The van der Waals surface area contributed by atoms with Gasteiger partial charge in [0.15, 0.2) is 0 Å². The zero-order valence-electron chi connectivity index (χ0n) is 19.8. The number of piperidine rings is 1. The fourth-order valence-corrected chi connectivity index (χ4v) is 4.08. The van der Waals surface area contributed by atoms with Crippen LogP contribution in [-0.4, -0.2) is 76.6 Å². The van der Waals surface area contributed by atoms with Gasteiger partial charge < -0.3 is 19.4 Å². The van der Waals surface area contributed by atoms with E-state index in [4.69, 9.17) is 9.72 Å². The third-order valence-electron chi connectivity index (χ3n) is 5.71. The summed E-state index contributed by atoms with van der Waals surface area (Å²) in [6, 6.07) is 2.02. The Morgan fingerprint density at radius 3 is 2.35 bits per heavy atom. The summed E-state index contributed by atoms with van der Waals surface area (Å²) in [5, 5.41) is 0. The first-order valence-electron chi connectivity index (χ1n) is 11.4. The Kier molecular flexibility index (Phi) is 7.06. The highest BCUT2D eigenvalue weighted by atomic mass is 16.6. The van der Waals surface area contributed by atoms with Gasteiger partial charge in [0.25, 0.3) is 0 Å². The molecule has 0 saturated carbocycles. The molecule has 31 heavy (non-hydrogen) atoms. The number of carbonyl (C=O) groups is 2. The van der Waals surface area contributed by atoms with Crippen LogP contribution in [0, 0.1) is 12.8 Å². The molecule has 8 heteroatoms. The lowest BCUT2D eigenvalue weighted by molar-refractivity contribution is -0.137. The number of amides is 2. The molecular weight excluding hydrogens is 394 g/mol. The van der Waals surface area contributed by atoms with Crippen molar-refractivity contribution in [3.63, 3.8) is 0 Å². The molecule has 0 bridgehead atoms. The SMILES string of the molecule is Cc1cc(N2CCN(C(=O)C3CCCN(C(=O)OC(C)(C)C)C3)CC2)nc(C(C)C)n1. The number of rotatable bonds is 3. The Morgan fingerprint density at radius 1 is 1.06 bits per heavy atom. The summed E-state index contributed by atoms with van der Waals surface area (Å²) in [6.07, 6.45) is 1.32. The molecule has 0 aliphatic carbocycles. The number of likely N-dealkylation sites (tertiary alicyclic amines) is 1. The van der Waals surface area contributed by atoms with E-state index in [0.29, 0.717) is 26.2 Å². The largest absolute Gasteiger partial charge is 0.444 e. The monoisotopic (exact) mass is 431 g/mol. The summed E-state index contributed by atoms with van der Waals surface area (Å²) in [5.74, 6) is 2.08. The number of hydrogen-bond acceptors (Lipinski definition) is 6. The van der Waals surface area contributed by atoms with Gasteiger partial charge in [0.1, 0.15) is 17.2 Å². The molecule has 0 N–H and O–H groups in total. The third kappa shape index (κ3) is 6.08. The van der Waals surface area contributed by atoms with Crippen LogP contribution in [-0.2, 0) is 9.53 Å². The van der Waals surface area contributed by atoms with Crippen LogP contribution >= 0.6 is 0 Å². The fourth-order valence-electron chi connectivity index (χ4n) is 4.08. The maximum atomic E-state index is 13.2. The van der Waals surface area contributed by atoms with Crippen LogP contribution in [0.5, 0.6) is 0 Å². The maximum absolute atomic E-state index is 13.2. The number of piperazine rings is 1. The lowest BCUT2D eigenvalue weighted by Gasteiger charge is -2.39. The van der Waals surface area contributed by atoms with Crippen molar-refractivity contribution in [3.8, 4) is 0 Å². The zero-order valence-corrected chi connectivity index (χ0v) is 19.8. The molecule has 3 rings (SSSR count). The first-order valence-corrected chi connectivity index (χ1v) is 11.4. The summed E-state index contributed by atoms with van der Waals surface area (Å²) in [6.45, 7) is 15.7. The molecule has 1 aromatic rings. The minimum Gasteiger partial charge on any atom is -0.444 e. The predicted molar refractivity (Wildman–Crippen MR) is 120 cm³/mol. The second-order valence-corrected chi connectivity index (χ2v) is 9.96. The van der Waals surface area contributed by atoms with E-state index in [-0.39, 0.29) is 23.8 Å². The van der Waals surface area contributed by atoms with Crippen LogP contribution < -0.4 is 4.90 Å². The molecule has 172 valence electrons. The summed E-state index contributed by atoms with van der Waals surface area (Å²) in [4.78, 5) is 40.7. The molecule has 3 heterocycles. The standard InChI is InChI=1S/C23H37N5O3/c1-16(2)20-24-17(3)14-19(25-20)26-10-12-27(13-11-26)21(29)18-8-7-9-28(15-18)22(30)31-23(4,5)6/h14,16,18H,7-13,15H2,1-6H3. The molecule has 8 nitrogen and oxygen atoms in total. The molecule has 2 amide bonds. The first kappa shape index (κ1) is 23.3. The molecule has 2 fully saturated rings. The number of ether oxygens (including phenoxy) is 1. The molecule has 2 aliphatic rings. The summed E-state index contributed by atoms with van der Waals surface area (Å²) >= 11 is 0. The molecule has 1 unspecified atom stereocenters. The summed E-state index contributed by atoms with van der Waals surface area (Å²) in [7, 11) is 0. The first-order chi connectivity index (χ1) is 14.5. The second-order valence-electron chi connectivity index (χ2n) is 9.96. The van der Waals surface area contributed by atoms with E-state index >= 15 is 0 Å². The van der Waals surface area contributed by atoms with Crippen LogP contribution in [0.3, 0.4) is 0 Å². The molecule has 0 spiro atoms. The van der Waals surface area contributed by atoms with Crippen molar-refractivity contribution in [2.45, 2.75) is 65.9 Å². The van der Waals surface area contributed by atoms with Gasteiger partial charge in [0, 0.05) is 56.9 Å². The molecular formula is C23H37N5O3. The van der Waals surface area contributed by atoms with Crippen LogP contribution in [0.15, 0.2) is 6.07 Å².